The summed E-state index contributed by atoms with van der Waals surface area (Å²) in [5.41, 5.74) is 1.91. The summed E-state index contributed by atoms with van der Waals surface area (Å²) in [6.07, 6.45) is 3.19. The van der Waals surface area contributed by atoms with E-state index in [2.05, 4.69) is 31.2 Å². The highest BCUT2D eigenvalue weighted by Crippen LogP contribution is 2.20. The van der Waals surface area contributed by atoms with Crippen LogP contribution in [0.5, 0.6) is 0 Å². The lowest BCUT2D eigenvalue weighted by Crippen LogP contribution is -2.07. The van der Waals surface area contributed by atoms with Crippen molar-refractivity contribution >= 4 is 15.9 Å². The van der Waals surface area contributed by atoms with Crippen LogP contribution in [0.1, 0.15) is 28.9 Å². The summed E-state index contributed by atoms with van der Waals surface area (Å²) < 4.78 is 6.94. The number of hydrogen-bond acceptors (Lipinski definition) is 4. The molecular formula is C9H11BrN4O. The molecule has 0 spiro atoms. The molecule has 0 aromatic carbocycles. The van der Waals surface area contributed by atoms with Crippen molar-refractivity contribution in [3.63, 3.8) is 0 Å². The second-order valence-corrected chi connectivity index (χ2v) is 4.66. The van der Waals surface area contributed by atoms with Gasteiger partial charge in [-0.25, -0.2) is 9.67 Å². The van der Waals surface area contributed by atoms with Crippen LogP contribution < -0.4 is 0 Å². The third kappa shape index (κ3) is 2.09. The van der Waals surface area contributed by atoms with E-state index in [4.69, 9.17) is 4.42 Å². The minimum atomic E-state index is 0.222. The number of halogens is 1. The molecule has 0 fully saturated rings. The lowest BCUT2D eigenvalue weighted by Gasteiger charge is -2.05. The van der Waals surface area contributed by atoms with E-state index in [1.54, 1.807) is 6.20 Å². The van der Waals surface area contributed by atoms with Crippen LogP contribution in [0.4, 0.5) is 0 Å². The highest BCUT2D eigenvalue weighted by atomic mass is 79.9. The van der Waals surface area contributed by atoms with Crippen molar-refractivity contribution in [1.29, 1.82) is 0 Å². The zero-order valence-electron chi connectivity index (χ0n) is 8.51. The van der Waals surface area contributed by atoms with Gasteiger partial charge in [-0.15, -0.1) is 5.10 Å². The highest BCUT2D eigenvalue weighted by molar-refractivity contribution is 9.09. The molecule has 1 atom stereocenters. The molecule has 0 saturated heterocycles. The molecule has 0 bridgehead atoms. The number of hydrogen-bond donors (Lipinski definition) is 0. The quantitative estimate of drug-likeness (QED) is 0.802. The summed E-state index contributed by atoms with van der Waals surface area (Å²) in [4.78, 5) is 4.34. The molecule has 2 aromatic heterocycles. The predicted octanol–water partition coefficient (Wildman–Crippen LogP) is 2.08. The molecule has 1 unspecified atom stereocenters. The molecule has 2 rings (SSSR count). The first kappa shape index (κ1) is 10.4. The molecule has 2 aromatic rings. The second kappa shape index (κ2) is 4.14. The van der Waals surface area contributed by atoms with Crippen LogP contribution in [0.3, 0.4) is 0 Å². The Morgan fingerprint density at radius 3 is 3.00 bits per heavy atom. The Bertz CT molecular complexity index is 448. The molecule has 0 N–H and O–H groups in total. The molecule has 5 nitrogen and oxygen atoms in total. The largest absolute Gasteiger partial charge is 0.448 e. The molecule has 80 valence electrons. The standard InChI is InChI=1S/C9H11BrN4O/c1-6(10)9-3-12-13-14(9)4-8-7(2)15-5-11-8/h3,5-6H,4H2,1-2H3. The number of rotatable bonds is 3. The van der Waals surface area contributed by atoms with E-state index >= 15 is 0 Å². The normalized spacial score (nSPS) is 13.0. The van der Waals surface area contributed by atoms with Crippen LogP contribution in [-0.4, -0.2) is 20.0 Å². The van der Waals surface area contributed by atoms with Crippen LogP contribution >= 0.6 is 15.9 Å². The first-order chi connectivity index (χ1) is 7.18. The smallest absolute Gasteiger partial charge is 0.181 e. The zero-order chi connectivity index (χ0) is 10.8. The number of aromatic nitrogens is 4. The van der Waals surface area contributed by atoms with Crippen LogP contribution in [0.15, 0.2) is 17.0 Å². The first-order valence-corrected chi connectivity index (χ1v) is 5.51. The Morgan fingerprint density at radius 1 is 1.60 bits per heavy atom. The average molecular weight is 271 g/mol. The van der Waals surface area contributed by atoms with E-state index in [0.717, 1.165) is 17.1 Å². The minimum absolute atomic E-state index is 0.222. The minimum Gasteiger partial charge on any atom is -0.448 e. The lowest BCUT2D eigenvalue weighted by atomic mass is 10.3. The first-order valence-electron chi connectivity index (χ1n) is 4.60. The maximum atomic E-state index is 5.13. The zero-order valence-corrected chi connectivity index (χ0v) is 10.1. The van der Waals surface area contributed by atoms with Gasteiger partial charge in [-0.1, -0.05) is 21.1 Å². The fraction of sp³-hybridized carbons (Fsp3) is 0.444. The van der Waals surface area contributed by atoms with Crippen LogP contribution in [-0.2, 0) is 6.54 Å². The van der Waals surface area contributed by atoms with Gasteiger partial charge >= 0.3 is 0 Å². The second-order valence-electron chi connectivity index (χ2n) is 3.29. The highest BCUT2D eigenvalue weighted by Gasteiger charge is 2.12. The van der Waals surface area contributed by atoms with Gasteiger partial charge in [0.1, 0.15) is 11.5 Å². The molecular weight excluding hydrogens is 260 g/mol. The van der Waals surface area contributed by atoms with E-state index in [-0.39, 0.29) is 4.83 Å². The molecule has 0 aliphatic carbocycles. The number of alkyl halides is 1. The SMILES string of the molecule is Cc1ocnc1Cn1nncc1C(C)Br. The van der Waals surface area contributed by atoms with Gasteiger partial charge in [0, 0.05) is 0 Å². The van der Waals surface area contributed by atoms with Gasteiger partial charge in [0.15, 0.2) is 6.39 Å². The fourth-order valence-corrected chi connectivity index (χ4v) is 1.67. The van der Waals surface area contributed by atoms with Gasteiger partial charge in [0.25, 0.3) is 0 Å². The van der Waals surface area contributed by atoms with Crippen molar-refractivity contribution in [3.8, 4) is 0 Å². The Balaban J connectivity index is 2.25. The van der Waals surface area contributed by atoms with Gasteiger partial charge in [-0.3, -0.25) is 0 Å². The van der Waals surface area contributed by atoms with Crippen LogP contribution in [0, 0.1) is 6.92 Å². The third-order valence-electron chi connectivity index (χ3n) is 2.20. The summed E-state index contributed by atoms with van der Waals surface area (Å²) in [5.74, 6) is 0.818. The Morgan fingerprint density at radius 2 is 2.40 bits per heavy atom. The molecule has 0 aliphatic heterocycles. The van der Waals surface area contributed by atoms with E-state index in [9.17, 15) is 0 Å². The van der Waals surface area contributed by atoms with Gasteiger partial charge in [-0.2, -0.15) is 0 Å². The Hall–Kier alpha value is -1.17. The maximum Gasteiger partial charge on any atom is 0.181 e. The number of nitrogens with zero attached hydrogens (tertiary/aromatic N) is 4. The van der Waals surface area contributed by atoms with Crippen molar-refractivity contribution in [2.75, 3.05) is 0 Å². The van der Waals surface area contributed by atoms with Crippen LogP contribution in [0.2, 0.25) is 0 Å². The van der Waals surface area contributed by atoms with Crippen LogP contribution in [0.25, 0.3) is 0 Å². The van der Waals surface area contributed by atoms with E-state index in [0.29, 0.717) is 6.54 Å². The molecule has 0 saturated carbocycles. The van der Waals surface area contributed by atoms with E-state index < -0.39 is 0 Å². The van der Waals surface area contributed by atoms with Crippen molar-refractivity contribution in [1.82, 2.24) is 20.0 Å². The third-order valence-corrected chi connectivity index (χ3v) is 2.67. The van der Waals surface area contributed by atoms with Gasteiger partial charge in [0.2, 0.25) is 0 Å². The summed E-state index contributed by atoms with van der Waals surface area (Å²) in [6, 6.07) is 0. The number of oxazole rings is 1. The Kier molecular flexibility index (Phi) is 2.86. The lowest BCUT2D eigenvalue weighted by molar-refractivity contribution is 0.520. The summed E-state index contributed by atoms with van der Waals surface area (Å²) >= 11 is 3.49. The monoisotopic (exact) mass is 270 g/mol. The van der Waals surface area contributed by atoms with E-state index in [1.165, 1.54) is 6.39 Å². The number of aryl methyl sites for hydroxylation is 1. The molecule has 6 heteroatoms. The molecule has 0 aliphatic rings. The van der Waals surface area contributed by atoms with Crippen molar-refractivity contribution in [2.24, 2.45) is 0 Å². The molecule has 15 heavy (non-hydrogen) atoms. The van der Waals surface area contributed by atoms with Crippen molar-refractivity contribution in [2.45, 2.75) is 25.2 Å². The van der Waals surface area contributed by atoms with Gasteiger partial charge < -0.3 is 4.42 Å². The molecule has 2 heterocycles. The predicted molar refractivity (Wildman–Crippen MR) is 57.7 cm³/mol. The summed E-state index contributed by atoms with van der Waals surface area (Å²) in [7, 11) is 0. The average Bonchev–Trinajstić information content (AvgIpc) is 2.77. The van der Waals surface area contributed by atoms with E-state index in [1.807, 2.05) is 18.5 Å². The summed E-state index contributed by atoms with van der Waals surface area (Å²) in [5, 5.41) is 7.89. The summed E-state index contributed by atoms with van der Waals surface area (Å²) in [6.45, 7) is 4.51. The Labute approximate surface area is 95.6 Å². The topological polar surface area (TPSA) is 56.7 Å². The molecule has 0 radical (unpaired) electrons. The maximum absolute atomic E-state index is 5.13. The fourth-order valence-electron chi connectivity index (χ4n) is 1.32. The van der Waals surface area contributed by atoms with Gasteiger partial charge in [-0.05, 0) is 13.8 Å². The van der Waals surface area contributed by atoms with Crippen molar-refractivity contribution in [3.05, 3.63) is 29.7 Å². The van der Waals surface area contributed by atoms with Gasteiger partial charge in [0.05, 0.1) is 23.3 Å². The molecule has 0 amide bonds. The van der Waals surface area contributed by atoms with Crippen molar-refractivity contribution < 1.29 is 4.42 Å².